The number of carbonyl (C=O) groups excluding carboxylic acids is 3. The van der Waals surface area contributed by atoms with Gasteiger partial charge in [0, 0.05) is 23.8 Å². The van der Waals surface area contributed by atoms with Gasteiger partial charge in [-0.3, -0.25) is 14.4 Å². The molecule has 1 aromatic carbocycles. The maximum Gasteiger partial charge on any atom is 0.233 e. The van der Waals surface area contributed by atoms with Crippen LogP contribution in [0, 0.1) is 0 Å². The number of hydrogen-bond donors (Lipinski definition) is 3. The highest BCUT2D eigenvalue weighted by Crippen LogP contribution is 2.25. The van der Waals surface area contributed by atoms with E-state index in [4.69, 9.17) is 5.73 Å². The molecule has 4 N–H and O–H groups in total. The molecule has 0 saturated carbocycles. The summed E-state index contributed by atoms with van der Waals surface area (Å²) in [5.41, 5.74) is 6.06. The highest BCUT2D eigenvalue weighted by molar-refractivity contribution is 5.77. The van der Waals surface area contributed by atoms with Crippen LogP contribution in [0.25, 0.3) is 0 Å². The summed E-state index contributed by atoms with van der Waals surface area (Å²) in [6.45, 7) is 4.08. The van der Waals surface area contributed by atoms with Gasteiger partial charge in [0.1, 0.15) is 0 Å². The van der Waals surface area contributed by atoms with E-state index in [1.54, 1.807) is 0 Å². The van der Waals surface area contributed by atoms with Crippen molar-refractivity contribution < 1.29 is 14.4 Å². The number of anilines is 1. The Morgan fingerprint density at radius 3 is 2.58 bits per heavy atom. The van der Waals surface area contributed by atoms with Gasteiger partial charge in [0.05, 0.1) is 6.54 Å². The van der Waals surface area contributed by atoms with Crippen LogP contribution >= 0.6 is 0 Å². The predicted octanol–water partition coefficient (Wildman–Crippen LogP) is 1.49. The molecule has 2 rings (SSSR count). The van der Waals surface area contributed by atoms with Gasteiger partial charge in [-0.1, -0.05) is 18.2 Å². The van der Waals surface area contributed by atoms with Gasteiger partial charge in [-0.05, 0) is 51.7 Å². The first-order valence-electron chi connectivity index (χ1n) is 8.99. The Morgan fingerprint density at radius 2 is 2.00 bits per heavy atom. The number of nitrogens with zero attached hydrogens (tertiary/aromatic N) is 1. The molecule has 0 aliphatic carbocycles. The van der Waals surface area contributed by atoms with E-state index in [1.165, 1.54) is 0 Å². The Balaban J connectivity index is 0.000000314. The Labute approximate surface area is 155 Å². The fourth-order valence-corrected chi connectivity index (χ4v) is 3.03. The fraction of sp³-hybridized carbons (Fsp3) is 0.526. The Hall–Kier alpha value is -2.41. The van der Waals surface area contributed by atoms with Crippen LogP contribution in [0.2, 0.25) is 0 Å². The number of benzene rings is 1. The normalized spacial score (nSPS) is 19.7. The molecule has 1 heterocycles. The zero-order chi connectivity index (χ0) is 19.4. The minimum absolute atomic E-state index is 0.0330. The van der Waals surface area contributed by atoms with Gasteiger partial charge in [-0.25, -0.2) is 0 Å². The average Bonchev–Trinajstić information content (AvgIpc) is 3.01. The van der Waals surface area contributed by atoms with Crippen molar-refractivity contribution >= 4 is 24.4 Å². The van der Waals surface area contributed by atoms with E-state index in [0.29, 0.717) is 18.5 Å². The summed E-state index contributed by atoms with van der Waals surface area (Å²) >= 11 is 0. The molecule has 7 nitrogen and oxygen atoms in total. The second-order valence-electron chi connectivity index (χ2n) is 6.51. The smallest absolute Gasteiger partial charge is 0.233 e. The second kappa shape index (κ2) is 12.0. The van der Waals surface area contributed by atoms with Crippen molar-refractivity contribution in [2.75, 3.05) is 11.9 Å². The summed E-state index contributed by atoms with van der Waals surface area (Å²) < 4.78 is 0. The van der Waals surface area contributed by atoms with E-state index >= 15 is 0 Å². The first kappa shape index (κ1) is 21.6. The molecule has 1 saturated heterocycles. The van der Waals surface area contributed by atoms with Crippen LogP contribution in [-0.4, -0.2) is 48.3 Å². The lowest BCUT2D eigenvalue weighted by Gasteiger charge is -2.25. The molecule has 1 fully saturated rings. The SMILES string of the molecule is CC(CCC1CCC(C)N1C=O)NC(=O)CN.O=CNc1ccccc1. The zero-order valence-corrected chi connectivity index (χ0v) is 15.6. The molecule has 7 heteroatoms. The third-order valence-corrected chi connectivity index (χ3v) is 4.50. The lowest BCUT2D eigenvalue weighted by atomic mass is 10.1. The van der Waals surface area contributed by atoms with Crippen LogP contribution < -0.4 is 16.4 Å². The summed E-state index contributed by atoms with van der Waals surface area (Å²) in [6, 6.07) is 10.1. The quantitative estimate of drug-likeness (QED) is 0.609. The van der Waals surface area contributed by atoms with Crippen molar-refractivity contribution in [3.8, 4) is 0 Å². The maximum absolute atomic E-state index is 11.1. The summed E-state index contributed by atoms with van der Waals surface area (Å²) in [4.78, 5) is 33.8. The van der Waals surface area contributed by atoms with E-state index in [2.05, 4.69) is 17.6 Å². The number of nitrogens with one attached hydrogen (secondary N) is 2. The molecule has 144 valence electrons. The molecule has 3 atom stereocenters. The van der Waals surface area contributed by atoms with Crippen molar-refractivity contribution in [2.24, 2.45) is 5.73 Å². The first-order chi connectivity index (χ1) is 12.5. The minimum Gasteiger partial charge on any atom is -0.353 e. The largest absolute Gasteiger partial charge is 0.353 e. The molecule has 1 aromatic rings. The highest BCUT2D eigenvalue weighted by Gasteiger charge is 2.29. The third kappa shape index (κ3) is 7.65. The van der Waals surface area contributed by atoms with Crippen LogP contribution in [0.15, 0.2) is 30.3 Å². The van der Waals surface area contributed by atoms with E-state index in [0.717, 1.165) is 37.8 Å². The zero-order valence-electron chi connectivity index (χ0n) is 15.6. The summed E-state index contributed by atoms with van der Waals surface area (Å²) in [5.74, 6) is -0.121. The Kier molecular flexibility index (Phi) is 10.0. The molecule has 0 aromatic heterocycles. The second-order valence-corrected chi connectivity index (χ2v) is 6.51. The number of likely N-dealkylation sites (tertiary alicyclic amines) is 1. The number of rotatable bonds is 8. The fourth-order valence-electron chi connectivity index (χ4n) is 3.03. The summed E-state index contributed by atoms with van der Waals surface area (Å²) in [6.07, 6.45) is 5.58. The van der Waals surface area contributed by atoms with E-state index in [9.17, 15) is 14.4 Å². The van der Waals surface area contributed by atoms with E-state index in [1.807, 2.05) is 42.2 Å². The van der Waals surface area contributed by atoms with Gasteiger partial charge < -0.3 is 21.3 Å². The van der Waals surface area contributed by atoms with Gasteiger partial charge in [0.25, 0.3) is 0 Å². The average molecular weight is 362 g/mol. The highest BCUT2D eigenvalue weighted by atomic mass is 16.2. The third-order valence-electron chi connectivity index (χ3n) is 4.50. The minimum atomic E-state index is -0.121. The molecule has 1 aliphatic heterocycles. The lowest BCUT2D eigenvalue weighted by Crippen LogP contribution is -2.39. The van der Waals surface area contributed by atoms with Gasteiger partial charge in [-0.15, -0.1) is 0 Å². The van der Waals surface area contributed by atoms with Crippen LogP contribution in [0.4, 0.5) is 5.69 Å². The number of carbonyl (C=O) groups is 3. The Morgan fingerprint density at radius 1 is 1.31 bits per heavy atom. The Bertz CT molecular complexity index is 553. The summed E-state index contributed by atoms with van der Waals surface area (Å²) in [5, 5.41) is 5.35. The maximum atomic E-state index is 11.1. The molecule has 0 radical (unpaired) electrons. The van der Waals surface area contributed by atoms with Crippen molar-refractivity contribution in [1.82, 2.24) is 10.2 Å². The number of hydrogen-bond acceptors (Lipinski definition) is 4. The van der Waals surface area contributed by atoms with Crippen LogP contribution in [0.1, 0.15) is 39.5 Å². The standard InChI is InChI=1S/C12H23N3O2.C7H7NO/c1-9(14-12(17)7-13)3-5-11-6-4-10(2)15(11)8-16;9-6-8-7-4-2-1-3-5-7/h8-11H,3-7,13H2,1-2H3,(H,14,17);1-6H,(H,8,9). The molecular formula is C19H30N4O3. The molecular weight excluding hydrogens is 332 g/mol. The molecule has 3 unspecified atom stereocenters. The van der Waals surface area contributed by atoms with Crippen LogP contribution in [0.5, 0.6) is 0 Å². The number of amides is 3. The van der Waals surface area contributed by atoms with Gasteiger partial charge in [0.15, 0.2) is 0 Å². The van der Waals surface area contributed by atoms with E-state index in [-0.39, 0.29) is 18.5 Å². The molecule has 1 aliphatic rings. The number of para-hydroxylation sites is 1. The topological polar surface area (TPSA) is 105 Å². The number of nitrogens with two attached hydrogens (primary N) is 1. The van der Waals surface area contributed by atoms with Gasteiger partial charge in [0.2, 0.25) is 18.7 Å². The molecule has 0 spiro atoms. The van der Waals surface area contributed by atoms with Crippen molar-refractivity contribution in [3.05, 3.63) is 30.3 Å². The van der Waals surface area contributed by atoms with Crippen LogP contribution in [-0.2, 0) is 14.4 Å². The molecule has 26 heavy (non-hydrogen) atoms. The van der Waals surface area contributed by atoms with Gasteiger partial charge in [-0.2, -0.15) is 0 Å². The molecule has 0 bridgehead atoms. The van der Waals surface area contributed by atoms with Crippen LogP contribution in [0.3, 0.4) is 0 Å². The summed E-state index contributed by atoms with van der Waals surface area (Å²) in [7, 11) is 0. The lowest BCUT2D eigenvalue weighted by molar-refractivity contribution is -0.121. The predicted molar refractivity (Wildman–Crippen MR) is 102 cm³/mol. The van der Waals surface area contributed by atoms with E-state index < -0.39 is 0 Å². The monoisotopic (exact) mass is 362 g/mol. The first-order valence-corrected chi connectivity index (χ1v) is 8.99. The van der Waals surface area contributed by atoms with Crippen molar-refractivity contribution in [1.29, 1.82) is 0 Å². The van der Waals surface area contributed by atoms with Crippen molar-refractivity contribution in [2.45, 2.75) is 57.7 Å². The molecule has 3 amide bonds. The van der Waals surface area contributed by atoms with Gasteiger partial charge >= 0.3 is 0 Å². The van der Waals surface area contributed by atoms with Crippen molar-refractivity contribution in [3.63, 3.8) is 0 Å².